The number of alkyl halides is 3. The van der Waals surface area contributed by atoms with Crippen molar-refractivity contribution in [3.05, 3.63) is 29.8 Å². The number of carbonyl (C=O) groups is 1. The lowest BCUT2D eigenvalue weighted by molar-refractivity contribution is -0.159. The van der Waals surface area contributed by atoms with Gasteiger partial charge >= 0.3 is 12.1 Å². The van der Waals surface area contributed by atoms with Crippen molar-refractivity contribution in [1.82, 2.24) is 15.1 Å². The minimum absolute atomic E-state index is 0.0410. The van der Waals surface area contributed by atoms with Gasteiger partial charge in [0.25, 0.3) is 0 Å². The first-order valence-corrected chi connectivity index (χ1v) is 4.55. The second-order valence-corrected chi connectivity index (χ2v) is 3.22. The lowest BCUT2D eigenvalue weighted by Gasteiger charge is -1.97. The van der Waals surface area contributed by atoms with Crippen molar-refractivity contribution >= 4 is 5.91 Å². The summed E-state index contributed by atoms with van der Waals surface area (Å²) in [6.07, 6.45) is -3.60. The highest BCUT2D eigenvalue weighted by Gasteiger charge is 2.38. The number of hydrogen-bond donors (Lipinski definition) is 1. The molecule has 0 bridgehead atoms. The van der Waals surface area contributed by atoms with Gasteiger partial charge in [0.05, 0.1) is 5.56 Å². The molecule has 2 rings (SSSR count). The molecule has 0 radical (unpaired) electrons. The minimum atomic E-state index is -4.71. The monoisotopic (exact) mass is 258 g/mol. The Morgan fingerprint density at radius 2 is 2.06 bits per heavy atom. The van der Waals surface area contributed by atoms with Crippen molar-refractivity contribution in [2.75, 3.05) is 0 Å². The zero-order valence-electron chi connectivity index (χ0n) is 8.60. The summed E-state index contributed by atoms with van der Waals surface area (Å²) in [6.45, 7) is 0. The van der Waals surface area contributed by atoms with Gasteiger partial charge in [0.1, 0.15) is 5.69 Å². The maximum absolute atomic E-state index is 12.2. The number of primary amides is 1. The average molecular weight is 258 g/mol. The van der Waals surface area contributed by atoms with Crippen LogP contribution in [0.2, 0.25) is 0 Å². The van der Waals surface area contributed by atoms with Crippen LogP contribution >= 0.6 is 0 Å². The van der Waals surface area contributed by atoms with Crippen molar-refractivity contribution in [3.63, 3.8) is 0 Å². The lowest BCUT2D eigenvalue weighted by Crippen LogP contribution is -2.11. The van der Waals surface area contributed by atoms with Gasteiger partial charge in [-0.3, -0.25) is 9.78 Å². The summed E-state index contributed by atoms with van der Waals surface area (Å²) in [5, 5.41) is 3.14. The van der Waals surface area contributed by atoms with E-state index < -0.39 is 18.0 Å². The van der Waals surface area contributed by atoms with Crippen molar-refractivity contribution < 1.29 is 22.5 Å². The number of halogens is 3. The van der Waals surface area contributed by atoms with Gasteiger partial charge in [-0.05, 0) is 12.1 Å². The predicted octanol–water partition coefficient (Wildman–Crippen LogP) is 1.25. The van der Waals surface area contributed by atoms with E-state index in [-0.39, 0.29) is 17.1 Å². The van der Waals surface area contributed by atoms with Crippen LogP contribution in [0.15, 0.2) is 22.9 Å². The number of rotatable bonds is 2. The molecule has 2 aromatic rings. The summed E-state index contributed by atoms with van der Waals surface area (Å²) in [5.41, 5.74) is 5.15. The zero-order chi connectivity index (χ0) is 13.3. The Labute approximate surface area is 97.6 Å². The van der Waals surface area contributed by atoms with Crippen LogP contribution in [0.4, 0.5) is 13.2 Å². The second-order valence-electron chi connectivity index (χ2n) is 3.22. The average Bonchev–Trinajstić information content (AvgIpc) is 2.78. The first kappa shape index (κ1) is 12.0. The smallest absolute Gasteiger partial charge is 0.366 e. The molecular weight excluding hydrogens is 253 g/mol. The van der Waals surface area contributed by atoms with E-state index in [1.54, 1.807) is 0 Å². The number of carbonyl (C=O) groups excluding carboxylic acids is 1. The first-order valence-electron chi connectivity index (χ1n) is 4.55. The van der Waals surface area contributed by atoms with Crippen LogP contribution in [0.3, 0.4) is 0 Å². The normalized spacial score (nSPS) is 11.5. The molecule has 18 heavy (non-hydrogen) atoms. The Balaban J connectivity index is 2.32. The van der Waals surface area contributed by atoms with E-state index in [4.69, 9.17) is 5.73 Å². The molecule has 9 heteroatoms. The van der Waals surface area contributed by atoms with Gasteiger partial charge in [0.15, 0.2) is 0 Å². The van der Waals surface area contributed by atoms with Gasteiger partial charge < -0.3 is 10.3 Å². The fourth-order valence-corrected chi connectivity index (χ4v) is 1.11. The Morgan fingerprint density at radius 3 is 2.50 bits per heavy atom. The topological polar surface area (TPSA) is 94.9 Å². The SMILES string of the molecule is NC(=O)c1ccc(-c2noc(C(F)(F)F)n2)nc1. The van der Waals surface area contributed by atoms with E-state index in [1.165, 1.54) is 12.1 Å². The van der Waals surface area contributed by atoms with Gasteiger partial charge in [-0.2, -0.15) is 18.2 Å². The number of nitrogens with two attached hydrogens (primary N) is 1. The summed E-state index contributed by atoms with van der Waals surface area (Å²) in [4.78, 5) is 17.6. The summed E-state index contributed by atoms with van der Waals surface area (Å²) in [5.74, 6) is -2.48. The molecule has 0 fully saturated rings. The maximum atomic E-state index is 12.2. The Morgan fingerprint density at radius 1 is 1.33 bits per heavy atom. The molecule has 0 aliphatic heterocycles. The van der Waals surface area contributed by atoms with Gasteiger partial charge in [0, 0.05) is 6.20 Å². The zero-order valence-corrected chi connectivity index (χ0v) is 8.60. The van der Waals surface area contributed by atoms with Crippen molar-refractivity contribution in [1.29, 1.82) is 0 Å². The second kappa shape index (κ2) is 4.09. The molecule has 0 aromatic carbocycles. The van der Waals surface area contributed by atoms with Crippen molar-refractivity contribution in [2.45, 2.75) is 6.18 Å². The van der Waals surface area contributed by atoms with Crippen LogP contribution in [0, 0.1) is 0 Å². The van der Waals surface area contributed by atoms with E-state index in [1.807, 2.05) is 0 Å². The van der Waals surface area contributed by atoms with Crippen LogP contribution < -0.4 is 5.73 Å². The van der Waals surface area contributed by atoms with Gasteiger partial charge in [-0.1, -0.05) is 5.16 Å². The molecule has 2 aromatic heterocycles. The van der Waals surface area contributed by atoms with Crippen LogP contribution in [0.25, 0.3) is 11.5 Å². The Kier molecular flexibility index (Phi) is 2.73. The van der Waals surface area contributed by atoms with Crippen LogP contribution in [0.1, 0.15) is 16.2 Å². The molecule has 0 aliphatic rings. The van der Waals surface area contributed by atoms with E-state index in [0.29, 0.717) is 0 Å². The third-order valence-electron chi connectivity index (χ3n) is 1.95. The molecule has 0 atom stereocenters. The summed E-state index contributed by atoms with van der Waals surface area (Å²) >= 11 is 0. The highest BCUT2D eigenvalue weighted by Crippen LogP contribution is 2.28. The molecule has 0 spiro atoms. The first-order chi connectivity index (χ1) is 8.38. The van der Waals surface area contributed by atoms with Crippen molar-refractivity contribution in [2.24, 2.45) is 5.73 Å². The molecule has 0 aliphatic carbocycles. The van der Waals surface area contributed by atoms with Crippen molar-refractivity contribution in [3.8, 4) is 11.5 Å². The highest BCUT2D eigenvalue weighted by molar-refractivity contribution is 5.92. The third-order valence-corrected chi connectivity index (χ3v) is 1.95. The van der Waals surface area contributed by atoms with Crippen LogP contribution in [-0.2, 0) is 6.18 Å². The fourth-order valence-electron chi connectivity index (χ4n) is 1.11. The van der Waals surface area contributed by atoms with Gasteiger partial charge in [-0.15, -0.1) is 0 Å². The highest BCUT2D eigenvalue weighted by atomic mass is 19.4. The molecule has 1 amide bonds. The quantitative estimate of drug-likeness (QED) is 0.874. The fraction of sp³-hybridized carbons (Fsp3) is 0.111. The third kappa shape index (κ3) is 2.29. The van der Waals surface area contributed by atoms with Crippen LogP contribution in [-0.4, -0.2) is 21.0 Å². The molecule has 2 heterocycles. The molecule has 94 valence electrons. The number of nitrogens with zero attached hydrogens (tertiary/aromatic N) is 3. The minimum Gasteiger partial charge on any atom is -0.366 e. The van der Waals surface area contributed by atoms with E-state index >= 15 is 0 Å². The van der Waals surface area contributed by atoms with Gasteiger partial charge in [-0.25, -0.2) is 0 Å². The number of amides is 1. The maximum Gasteiger partial charge on any atom is 0.471 e. The summed E-state index contributed by atoms with van der Waals surface area (Å²) in [7, 11) is 0. The predicted molar refractivity (Wildman–Crippen MR) is 51.0 cm³/mol. The largest absolute Gasteiger partial charge is 0.471 e. The number of aromatic nitrogens is 3. The summed E-state index contributed by atoms with van der Waals surface area (Å²) in [6, 6.07) is 2.57. The van der Waals surface area contributed by atoms with E-state index in [9.17, 15) is 18.0 Å². The Hall–Kier alpha value is -2.45. The number of hydrogen-bond acceptors (Lipinski definition) is 5. The molecular formula is C9H5F3N4O2. The Bertz CT molecular complexity index is 576. The molecule has 2 N–H and O–H groups in total. The van der Waals surface area contributed by atoms with E-state index in [0.717, 1.165) is 6.20 Å². The number of pyridine rings is 1. The van der Waals surface area contributed by atoms with E-state index in [2.05, 4.69) is 19.6 Å². The standard InChI is InChI=1S/C9H5F3N4O2/c10-9(11,12)8-15-7(16-18-8)5-2-1-4(3-14-5)6(13)17/h1-3H,(H2,13,17). The molecule has 0 saturated heterocycles. The molecule has 0 saturated carbocycles. The van der Waals surface area contributed by atoms with Gasteiger partial charge in [0.2, 0.25) is 11.7 Å². The van der Waals surface area contributed by atoms with Crippen LogP contribution in [0.5, 0.6) is 0 Å². The summed E-state index contributed by atoms with van der Waals surface area (Å²) < 4.78 is 40.7. The lowest BCUT2D eigenvalue weighted by atomic mass is 10.2. The molecule has 6 nitrogen and oxygen atoms in total. The molecule has 0 unspecified atom stereocenters.